The van der Waals surface area contributed by atoms with Crippen LogP contribution in [0.1, 0.15) is 17.4 Å². The summed E-state index contributed by atoms with van der Waals surface area (Å²) in [5.74, 6) is 0. The zero-order valence-electron chi connectivity index (χ0n) is 10.9. The number of aromatic nitrogens is 3. The molecule has 3 heterocycles. The average Bonchev–Trinajstić information content (AvgIpc) is 2.88. The third-order valence-electron chi connectivity index (χ3n) is 3.14. The topological polar surface area (TPSA) is 50.7 Å². The summed E-state index contributed by atoms with van der Waals surface area (Å²) in [6, 6.07) is 5.74. The number of pyridine rings is 1. The van der Waals surface area contributed by atoms with Crippen molar-refractivity contribution >= 4 is 33.8 Å². The summed E-state index contributed by atoms with van der Waals surface area (Å²) in [4.78, 5) is 21.8. The van der Waals surface area contributed by atoms with E-state index >= 15 is 0 Å². The van der Waals surface area contributed by atoms with Gasteiger partial charge in [-0.25, -0.2) is 0 Å². The van der Waals surface area contributed by atoms with E-state index in [4.69, 9.17) is 12.2 Å². The molecule has 3 aromatic heterocycles. The van der Waals surface area contributed by atoms with Crippen molar-refractivity contribution in [3.63, 3.8) is 0 Å². The van der Waals surface area contributed by atoms with Gasteiger partial charge >= 0.3 is 0 Å². The van der Waals surface area contributed by atoms with Gasteiger partial charge in [0.25, 0.3) is 5.56 Å². The van der Waals surface area contributed by atoms with E-state index in [1.54, 1.807) is 28.3 Å². The molecule has 102 valence electrons. The van der Waals surface area contributed by atoms with E-state index in [9.17, 15) is 4.79 Å². The van der Waals surface area contributed by atoms with Crippen LogP contribution >= 0.6 is 23.6 Å². The third kappa shape index (κ3) is 2.32. The second kappa shape index (κ2) is 5.30. The molecule has 0 saturated carbocycles. The molecule has 0 unspecified atom stereocenters. The van der Waals surface area contributed by atoms with Gasteiger partial charge < -0.3 is 4.98 Å². The molecule has 0 aliphatic heterocycles. The minimum Gasteiger partial charge on any atom is -0.323 e. The Hall–Kier alpha value is -1.79. The van der Waals surface area contributed by atoms with Crippen LogP contribution in [0, 0.1) is 4.77 Å². The fourth-order valence-corrected chi connectivity index (χ4v) is 3.39. The molecule has 0 fully saturated rings. The van der Waals surface area contributed by atoms with Crippen molar-refractivity contribution in [3.8, 4) is 0 Å². The summed E-state index contributed by atoms with van der Waals surface area (Å²) in [6.45, 7) is 2.52. The Balaban J connectivity index is 2.16. The highest BCUT2D eigenvalue weighted by atomic mass is 32.1. The maximum absolute atomic E-state index is 12.5. The summed E-state index contributed by atoms with van der Waals surface area (Å²) < 4.78 is 2.04. The SMILES string of the molecule is CCc1cc2c(=O)n(Cc3cccnc3)c(=S)[nH]c2s1. The quantitative estimate of drug-likeness (QED) is 0.756. The first-order valence-electron chi connectivity index (χ1n) is 6.33. The lowest BCUT2D eigenvalue weighted by molar-refractivity contribution is 0.733. The van der Waals surface area contributed by atoms with Crippen LogP contribution in [0.4, 0.5) is 0 Å². The molecule has 0 spiro atoms. The van der Waals surface area contributed by atoms with E-state index in [-0.39, 0.29) is 5.56 Å². The minimum absolute atomic E-state index is 0.0384. The molecule has 0 aromatic carbocycles. The Bertz CT molecular complexity index is 861. The fraction of sp³-hybridized carbons (Fsp3) is 0.214. The lowest BCUT2D eigenvalue weighted by Gasteiger charge is -2.05. The van der Waals surface area contributed by atoms with Gasteiger partial charge in [0.2, 0.25) is 0 Å². The minimum atomic E-state index is -0.0384. The summed E-state index contributed by atoms with van der Waals surface area (Å²) in [5.41, 5.74) is 0.919. The van der Waals surface area contributed by atoms with Crippen LogP contribution in [-0.2, 0) is 13.0 Å². The number of thiophene rings is 1. The number of fused-ring (bicyclic) bond motifs is 1. The van der Waals surface area contributed by atoms with Gasteiger partial charge in [-0.2, -0.15) is 0 Å². The first kappa shape index (κ1) is 13.2. The smallest absolute Gasteiger partial charge is 0.263 e. The second-order valence-corrected chi connectivity index (χ2v) is 6.02. The molecular weight excluding hydrogens is 290 g/mol. The highest BCUT2D eigenvalue weighted by molar-refractivity contribution is 7.71. The van der Waals surface area contributed by atoms with Crippen LogP contribution in [-0.4, -0.2) is 14.5 Å². The zero-order chi connectivity index (χ0) is 14.1. The van der Waals surface area contributed by atoms with E-state index in [2.05, 4.69) is 16.9 Å². The van der Waals surface area contributed by atoms with Crippen LogP contribution in [0.2, 0.25) is 0 Å². The molecule has 0 saturated heterocycles. The lowest BCUT2D eigenvalue weighted by atomic mass is 10.3. The number of aryl methyl sites for hydroxylation is 1. The third-order valence-corrected chi connectivity index (χ3v) is 4.65. The number of aromatic amines is 1. The lowest BCUT2D eigenvalue weighted by Crippen LogP contribution is -2.22. The van der Waals surface area contributed by atoms with Gasteiger partial charge in [0.1, 0.15) is 4.83 Å². The Morgan fingerprint density at radius 3 is 3.05 bits per heavy atom. The molecule has 4 nitrogen and oxygen atoms in total. The number of hydrogen-bond acceptors (Lipinski definition) is 4. The summed E-state index contributed by atoms with van der Waals surface area (Å²) in [6.07, 6.45) is 4.38. The summed E-state index contributed by atoms with van der Waals surface area (Å²) in [5, 5.41) is 0.712. The number of nitrogens with one attached hydrogen (secondary N) is 1. The number of hydrogen-bond donors (Lipinski definition) is 1. The number of H-pyrrole nitrogens is 1. The van der Waals surface area contributed by atoms with Gasteiger partial charge in [-0.15, -0.1) is 11.3 Å². The van der Waals surface area contributed by atoms with Gasteiger partial charge in [0.15, 0.2) is 4.77 Å². The van der Waals surface area contributed by atoms with Crippen LogP contribution < -0.4 is 5.56 Å². The van der Waals surface area contributed by atoms with E-state index in [1.807, 2.05) is 18.2 Å². The van der Waals surface area contributed by atoms with Gasteiger partial charge in [-0.1, -0.05) is 13.0 Å². The number of nitrogens with zero attached hydrogens (tertiary/aromatic N) is 2. The van der Waals surface area contributed by atoms with Crippen LogP contribution in [0.15, 0.2) is 35.4 Å². The fourth-order valence-electron chi connectivity index (χ4n) is 2.09. The normalized spacial score (nSPS) is 11.1. The van der Waals surface area contributed by atoms with E-state index in [1.165, 1.54) is 4.88 Å². The Morgan fingerprint density at radius 1 is 1.50 bits per heavy atom. The summed E-state index contributed by atoms with van der Waals surface area (Å²) >= 11 is 6.90. The van der Waals surface area contributed by atoms with E-state index < -0.39 is 0 Å². The molecule has 0 amide bonds. The Labute approximate surface area is 124 Å². The zero-order valence-corrected chi connectivity index (χ0v) is 12.6. The molecule has 0 atom stereocenters. The van der Waals surface area contributed by atoms with Crippen molar-refractivity contribution < 1.29 is 0 Å². The molecular formula is C14H13N3OS2. The second-order valence-electron chi connectivity index (χ2n) is 4.49. The van der Waals surface area contributed by atoms with Crippen molar-refractivity contribution in [2.75, 3.05) is 0 Å². The van der Waals surface area contributed by atoms with Crippen molar-refractivity contribution in [2.45, 2.75) is 19.9 Å². The van der Waals surface area contributed by atoms with Crippen molar-refractivity contribution in [2.24, 2.45) is 0 Å². The van der Waals surface area contributed by atoms with Crippen LogP contribution in [0.5, 0.6) is 0 Å². The van der Waals surface area contributed by atoms with Crippen LogP contribution in [0.3, 0.4) is 0 Å². The van der Waals surface area contributed by atoms with Crippen molar-refractivity contribution in [1.82, 2.24) is 14.5 Å². The molecule has 3 rings (SSSR count). The Kier molecular flexibility index (Phi) is 3.50. The standard InChI is InChI=1S/C14H13N3OS2/c1-2-10-6-11-12(20-10)16-14(19)17(13(11)18)8-9-4-3-5-15-7-9/h3-7H,2,8H2,1H3,(H,16,19). The van der Waals surface area contributed by atoms with Gasteiger partial charge in [-0.3, -0.25) is 14.3 Å². The van der Waals surface area contributed by atoms with E-state index in [0.717, 1.165) is 16.8 Å². The maximum Gasteiger partial charge on any atom is 0.263 e. The van der Waals surface area contributed by atoms with Gasteiger partial charge in [0, 0.05) is 17.3 Å². The molecule has 1 N–H and O–H groups in total. The average molecular weight is 303 g/mol. The molecule has 20 heavy (non-hydrogen) atoms. The first-order chi connectivity index (χ1) is 9.69. The van der Waals surface area contributed by atoms with Crippen molar-refractivity contribution in [1.29, 1.82) is 0 Å². The Morgan fingerprint density at radius 2 is 2.35 bits per heavy atom. The molecule has 0 aliphatic rings. The van der Waals surface area contributed by atoms with Gasteiger partial charge in [-0.05, 0) is 36.3 Å². The van der Waals surface area contributed by atoms with Crippen LogP contribution in [0.25, 0.3) is 10.2 Å². The molecule has 0 bridgehead atoms. The highest BCUT2D eigenvalue weighted by Crippen LogP contribution is 2.21. The largest absolute Gasteiger partial charge is 0.323 e. The molecule has 0 aliphatic carbocycles. The molecule has 6 heteroatoms. The van der Waals surface area contributed by atoms with E-state index in [0.29, 0.717) is 16.7 Å². The van der Waals surface area contributed by atoms with Gasteiger partial charge in [0.05, 0.1) is 11.9 Å². The predicted molar refractivity (Wildman–Crippen MR) is 84.0 cm³/mol. The number of rotatable bonds is 3. The predicted octanol–water partition coefficient (Wildman–Crippen LogP) is 3.13. The molecule has 3 aromatic rings. The summed E-state index contributed by atoms with van der Waals surface area (Å²) in [7, 11) is 0. The monoisotopic (exact) mass is 303 g/mol. The first-order valence-corrected chi connectivity index (χ1v) is 7.56. The molecule has 0 radical (unpaired) electrons. The highest BCUT2D eigenvalue weighted by Gasteiger charge is 2.09. The maximum atomic E-state index is 12.5. The van der Waals surface area contributed by atoms with Crippen molar-refractivity contribution in [3.05, 3.63) is 56.2 Å².